The fourth-order valence-corrected chi connectivity index (χ4v) is 7.34. The molecule has 3 heterocycles. The molecule has 8 nitrogen and oxygen atoms in total. The Morgan fingerprint density at radius 2 is 1.73 bits per heavy atom. The Balaban J connectivity index is 1.33. The molecule has 0 bridgehead atoms. The number of benzene rings is 2. The first kappa shape index (κ1) is 28.7. The van der Waals surface area contributed by atoms with Crippen LogP contribution in [-0.2, 0) is 4.57 Å². The average Bonchev–Trinajstić information content (AvgIpc) is 2.95. The van der Waals surface area contributed by atoms with E-state index in [0.717, 1.165) is 35.5 Å². The number of rotatable bonds is 7. The lowest BCUT2D eigenvalue weighted by Crippen LogP contribution is -2.46. The predicted octanol–water partition coefficient (Wildman–Crippen LogP) is 6.21. The second-order valence-electron chi connectivity index (χ2n) is 11.6. The second-order valence-corrected chi connectivity index (χ2v) is 15.2. The first-order chi connectivity index (χ1) is 19.1. The maximum absolute atomic E-state index is 12.9. The van der Waals surface area contributed by atoms with E-state index < -0.39 is 7.14 Å². The summed E-state index contributed by atoms with van der Waals surface area (Å²) >= 11 is 6.54. The van der Waals surface area contributed by atoms with Gasteiger partial charge in [-0.3, -0.25) is 0 Å². The van der Waals surface area contributed by atoms with E-state index in [0.29, 0.717) is 22.2 Å². The topological polar surface area (TPSA) is 73.8 Å². The highest BCUT2D eigenvalue weighted by molar-refractivity contribution is 7.70. The Hall–Kier alpha value is -2.80. The number of likely N-dealkylation sites (tertiary alicyclic amines) is 1. The van der Waals surface area contributed by atoms with Crippen molar-refractivity contribution in [1.29, 1.82) is 0 Å². The molecule has 0 unspecified atom stereocenters. The van der Waals surface area contributed by atoms with Gasteiger partial charge in [-0.25, -0.2) is 4.98 Å². The lowest BCUT2D eigenvalue weighted by Gasteiger charge is -2.47. The first-order valence-electron chi connectivity index (χ1n) is 13.9. The van der Waals surface area contributed by atoms with Crippen molar-refractivity contribution in [1.82, 2.24) is 14.9 Å². The van der Waals surface area contributed by atoms with Gasteiger partial charge < -0.3 is 29.3 Å². The van der Waals surface area contributed by atoms with Crippen molar-refractivity contribution in [2.24, 2.45) is 5.41 Å². The molecule has 40 heavy (non-hydrogen) atoms. The third-order valence-electron chi connectivity index (χ3n) is 8.54. The number of hydrogen-bond donors (Lipinski definition) is 1. The Kier molecular flexibility index (Phi) is 8.32. The molecular weight excluding hydrogens is 543 g/mol. The lowest BCUT2D eigenvalue weighted by atomic mass is 9.71. The summed E-state index contributed by atoms with van der Waals surface area (Å²) in [6.45, 7) is 8.09. The van der Waals surface area contributed by atoms with Crippen LogP contribution in [0, 0.1) is 5.41 Å². The Morgan fingerprint density at radius 1 is 1.05 bits per heavy atom. The third-order valence-corrected chi connectivity index (χ3v) is 10.3. The van der Waals surface area contributed by atoms with Crippen molar-refractivity contribution < 1.29 is 9.30 Å². The normalized spacial score (nSPS) is 17.6. The summed E-state index contributed by atoms with van der Waals surface area (Å²) in [6, 6.07) is 13.9. The minimum atomic E-state index is -2.52. The number of halogens is 1. The van der Waals surface area contributed by atoms with E-state index in [1.807, 2.05) is 42.3 Å². The Labute approximate surface area is 243 Å². The van der Waals surface area contributed by atoms with E-state index in [2.05, 4.69) is 39.3 Å². The molecule has 0 atom stereocenters. The number of piperidine rings is 2. The van der Waals surface area contributed by atoms with E-state index in [1.165, 1.54) is 44.5 Å². The van der Waals surface area contributed by atoms with Crippen LogP contribution in [0.4, 0.5) is 28.8 Å². The standard InChI is InChI=1S/C30H40ClN6O2P/c1-35-16-12-30(13-17-35)14-18-37(19-15-30)22-10-11-24(26(20-22)39-3)33-29-32-21-23(31)28(34-29)36(2)25-8-6-7-9-27(25)40(4,5)38/h6-11,20-21H,12-19H2,1-5H3,(H,32,33,34). The van der Waals surface area contributed by atoms with Crippen molar-refractivity contribution in [3.63, 3.8) is 0 Å². The number of methoxy groups -OCH3 is 1. The van der Waals surface area contributed by atoms with Crippen molar-refractivity contribution in [3.8, 4) is 5.75 Å². The van der Waals surface area contributed by atoms with E-state index in [4.69, 9.17) is 21.3 Å². The molecule has 2 aromatic carbocycles. The zero-order chi connectivity index (χ0) is 28.5. The van der Waals surface area contributed by atoms with Crippen molar-refractivity contribution in [2.75, 3.05) is 75.8 Å². The number of ether oxygens (including phenoxy) is 1. The quantitative estimate of drug-likeness (QED) is 0.330. The number of aromatic nitrogens is 2. The molecule has 10 heteroatoms. The Bertz CT molecular complexity index is 1390. The molecule has 0 aliphatic carbocycles. The summed E-state index contributed by atoms with van der Waals surface area (Å²) in [5.74, 6) is 1.65. The van der Waals surface area contributed by atoms with Gasteiger partial charge in [0.25, 0.3) is 0 Å². The minimum Gasteiger partial charge on any atom is -0.494 e. The van der Waals surface area contributed by atoms with Gasteiger partial charge in [0.15, 0.2) is 5.82 Å². The molecule has 2 aliphatic rings. The summed E-state index contributed by atoms with van der Waals surface area (Å²) in [4.78, 5) is 15.9. The molecule has 1 aromatic heterocycles. The average molecular weight is 583 g/mol. The highest BCUT2D eigenvalue weighted by atomic mass is 35.5. The molecule has 2 aliphatic heterocycles. The molecule has 2 fully saturated rings. The number of nitrogens with zero attached hydrogens (tertiary/aromatic N) is 5. The smallest absolute Gasteiger partial charge is 0.229 e. The SMILES string of the molecule is COc1cc(N2CCC3(CCN(C)CC3)CC2)ccc1Nc1ncc(Cl)c(N(C)c2ccccc2P(C)(C)=O)n1. The zero-order valence-electron chi connectivity index (χ0n) is 24.2. The van der Waals surface area contributed by atoms with Gasteiger partial charge >= 0.3 is 0 Å². The van der Waals surface area contributed by atoms with Crippen LogP contribution in [0.15, 0.2) is 48.7 Å². The summed E-state index contributed by atoms with van der Waals surface area (Å²) < 4.78 is 18.7. The largest absolute Gasteiger partial charge is 0.494 e. The van der Waals surface area contributed by atoms with Gasteiger partial charge in [-0.1, -0.05) is 23.7 Å². The van der Waals surface area contributed by atoms with Gasteiger partial charge in [0.05, 0.1) is 24.7 Å². The summed E-state index contributed by atoms with van der Waals surface area (Å²) in [5, 5.41) is 4.49. The van der Waals surface area contributed by atoms with Gasteiger partial charge in [0.1, 0.15) is 17.9 Å². The molecule has 214 valence electrons. The highest BCUT2D eigenvalue weighted by Gasteiger charge is 2.37. The molecule has 5 rings (SSSR count). The molecule has 0 amide bonds. The minimum absolute atomic E-state index is 0.396. The number of para-hydroxylation sites is 1. The van der Waals surface area contributed by atoms with Crippen molar-refractivity contribution in [3.05, 3.63) is 53.7 Å². The highest BCUT2D eigenvalue weighted by Crippen LogP contribution is 2.43. The first-order valence-corrected chi connectivity index (χ1v) is 16.9. The summed E-state index contributed by atoms with van der Waals surface area (Å²) in [6.07, 6.45) is 6.68. The molecule has 2 saturated heterocycles. The third kappa shape index (κ3) is 6.09. The number of nitrogens with one attached hydrogen (secondary N) is 1. The molecular formula is C30H40ClN6O2P. The maximum atomic E-state index is 12.9. The fourth-order valence-electron chi connectivity index (χ4n) is 5.90. The van der Waals surface area contributed by atoms with Crippen LogP contribution in [0.5, 0.6) is 5.75 Å². The molecule has 1 N–H and O–H groups in total. The Morgan fingerprint density at radius 3 is 2.40 bits per heavy atom. The second kappa shape index (κ2) is 11.6. The van der Waals surface area contributed by atoms with E-state index >= 15 is 0 Å². The number of anilines is 5. The van der Waals surface area contributed by atoms with Crippen LogP contribution in [0.1, 0.15) is 25.7 Å². The van der Waals surface area contributed by atoms with Crippen LogP contribution in [0.3, 0.4) is 0 Å². The number of hydrogen-bond acceptors (Lipinski definition) is 8. The van der Waals surface area contributed by atoms with Gasteiger partial charge in [0.2, 0.25) is 5.95 Å². The van der Waals surface area contributed by atoms with Gasteiger partial charge in [-0.05, 0) is 88.8 Å². The maximum Gasteiger partial charge on any atom is 0.229 e. The van der Waals surface area contributed by atoms with E-state index in [-0.39, 0.29) is 0 Å². The van der Waals surface area contributed by atoms with Crippen LogP contribution in [0.2, 0.25) is 5.02 Å². The van der Waals surface area contributed by atoms with Gasteiger partial charge in [0, 0.05) is 37.2 Å². The van der Waals surface area contributed by atoms with E-state index in [9.17, 15) is 4.57 Å². The van der Waals surface area contributed by atoms with E-state index in [1.54, 1.807) is 26.6 Å². The molecule has 3 aromatic rings. The van der Waals surface area contributed by atoms with Crippen molar-refractivity contribution in [2.45, 2.75) is 25.7 Å². The molecule has 0 saturated carbocycles. The predicted molar refractivity (Wildman–Crippen MR) is 168 cm³/mol. The zero-order valence-corrected chi connectivity index (χ0v) is 25.8. The summed E-state index contributed by atoms with van der Waals surface area (Å²) in [7, 11) is 3.26. The van der Waals surface area contributed by atoms with Gasteiger partial charge in [-0.2, -0.15) is 4.98 Å². The van der Waals surface area contributed by atoms with Crippen LogP contribution >= 0.6 is 18.7 Å². The van der Waals surface area contributed by atoms with Crippen molar-refractivity contribution >= 4 is 52.9 Å². The fraction of sp³-hybridized carbons (Fsp3) is 0.467. The molecule has 1 spiro atoms. The van der Waals surface area contributed by atoms with Crippen LogP contribution < -0.4 is 25.2 Å². The summed E-state index contributed by atoms with van der Waals surface area (Å²) in [5.41, 5.74) is 3.26. The lowest BCUT2D eigenvalue weighted by molar-refractivity contribution is 0.0945. The molecule has 0 radical (unpaired) electrons. The van der Waals surface area contributed by atoms with Crippen LogP contribution in [-0.4, -0.2) is 75.6 Å². The van der Waals surface area contributed by atoms with Crippen LogP contribution in [0.25, 0.3) is 0 Å². The van der Waals surface area contributed by atoms with Gasteiger partial charge in [-0.15, -0.1) is 0 Å². The monoisotopic (exact) mass is 582 g/mol.